The highest BCUT2D eigenvalue weighted by atomic mass is 35.5. The second kappa shape index (κ2) is 6.36. The van der Waals surface area contributed by atoms with Gasteiger partial charge >= 0.3 is 5.97 Å². The number of fused-ring (bicyclic) bond motifs is 5. The lowest BCUT2D eigenvalue weighted by Crippen LogP contribution is -2.54. The van der Waals surface area contributed by atoms with E-state index in [0.717, 1.165) is 32.1 Å². The van der Waals surface area contributed by atoms with Crippen LogP contribution in [0.25, 0.3) is 0 Å². The predicted molar refractivity (Wildman–Crippen MR) is 102 cm³/mol. The largest absolute Gasteiger partial charge is 0.462 e. The van der Waals surface area contributed by atoms with Crippen molar-refractivity contribution < 1.29 is 14.3 Å². The van der Waals surface area contributed by atoms with Crippen molar-refractivity contribution in [1.82, 2.24) is 0 Å². The van der Waals surface area contributed by atoms with Gasteiger partial charge in [0.1, 0.15) is 6.10 Å². The quantitative estimate of drug-likeness (QED) is 0.615. The summed E-state index contributed by atoms with van der Waals surface area (Å²) in [4.78, 5) is 23.8. The summed E-state index contributed by atoms with van der Waals surface area (Å²) in [6.07, 6.45) is 10.7. The highest BCUT2D eigenvalue weighted by Crippen LogP contribution is 2.66. The molecule has 4 aliphatic rings. The number of hydrogen-bond acceptors (Lipinski definition) is 3. The van der Waals surface area contributed by atoms with Crippen molar-refractivity contribution in [2.24, 2.45) is 34.5 Å². The first-order chi connectivity index (χ1) is 12.3. The Balaban J connectivity index is 1.66. The molecule has 0 unspecified atom stereocenters. The van der Waals surface area contributed by atoms with Gasteiger partial charge in [0.15, 0.2) is 5.78 Å². The van der Waals surface area contributed by atoms with Gasteiger partial charge in [0, 0.05) is 18.8 Å². The van der Waals surface area contributed by atoms with Crippen molar-refractivity contribution in [3.05, 3.63) is 11.1 Å². The number of carbonyl (C=O) groups is 2. The normalized spacial score (nSPS) is 47.5. The van der Waals surface area contributed by atoms with E-state index in [9.17, 15) is 9.59 Å². The number of esters is 1. The molecule has 0 N–H and O–H groups in total. The Morgan fingerprint density at radius 3 is 2.69 bits per heavy atom. The van der Waals surface area contributed by atoms with Crippen molar-refractivity contribution in [2.45, 2.75) is 78.2 Å². The molecule has 4 heteroatoms. The molecule has 0 bridgehead atoms. The molecule has 26 heavy (non-hydrogen) atoms. The first-order valence-electron chi connectivity index (χ1n) is 10.4. The van der Waals surface area contributed by atoms with Crippen LogP contribution in [-0.4, -0.2) is 17.9 Å². The zero-order chi connectivity index (χ0) is 18.7. The lowest BCUT2D eigenvalue weighted by Gasteiger charge is -2.59. The van der Waals surface area contributed by atoms with Crippen LogP contribution in [0.4, 0.5) is 0 Å². The molecule has 0 spiro atoms. The number of rotatable bonds is 2. The zero-order valence-corrected chi connectivity index (χ0v) is 17.0. The fourth-order valence-electron chi connectivity index (χ4n) is 7.50. The maximum Gasteiger partial charge on any atom is 0.302 e. The molecule has 0 aliphatic heterocycles. The number of carbonyl (C=O) groups excluding carboxylic acids is 2. The molecule has 4 rings (SSSR count). The Kier molecular flexibility index (Phi) is 4.53. The van der Waals surface area contributed by atoms with Crippen molar-refractivity contribution in [2.75, 3.05) is 0 Å². The average molecular weight is 379 g/mol. The highest BCUT2D eigenvalue weighted by Gasteiger charge is 2.61. The first-order valence-corrected chi connectivity index (χ1v) is 10.8. The van der Waals surface area contributed by atoms with Crippen LogP contribution < -0.4 is 0 Å². The summed E-state index contributed by atoms with van der Waals surface area (Å²) in [7, 11) is 0. The Morgan fingerprint density at radius 1 is 1.23 bits per heavy atom. The van der Waals surface area contributed by atoms with Crippen LogP contribution in [-0.2, 0) is 14.3 Å². The van der Waals surface area contributed by atoms with Gasteiger partial charge in [-0.25, -0.2) is 0 Å². The van der Waals surface area contributed by atoms with E-state index in [1.54, 1.807) is 6.92 Å². The van der Waals surface area contributed by atoms with E-state index in [1.165, 1.54) is 12.8 Å². The van der Waals surface area contributed by atoms with E-state index in [0.29, 0.717) is 35.1 Å². The molecule has 0 aromatic heterocycles. The number of ether oxygens (including phenoxy) is 1. The summed E-state index contributed by atoms with van der Waals surface area (Å²) >= 11 is 6.31. The van der Waals surface area contributed by atoms with Crippen LogP contribution in [0.5, 0.6) is 0 Å². The smallest absolute Gasteiger partial charge is 0.302 e. The van der Waals surface area contributed by atoms with E-state index in [1.807, 2.05) is 0 Å². The molecule has 0 aromatic carbocycles. The van der Waals surface area contributed by atoms with Crippen molar-refractivity contribution in [1.29, 1.82) is 0 Å². The molecule has 3 fully saturated rings. The number of allylic oxidation sites excluding steroid dienone is 2. The minimum atomic E-state index is -0.137. The number of hydrogen-bond donors (Lipinski definition) is 0. The second-order valence-electron chi connectivity index (χ2n) is 9.44. The molecule has 0 saturated heterocycles. The van der Waals surface area contributed by atoms with E-state index >= 15 is 0 Å². The van der Waals surface area contributed by atoms with Gasteiger partial charge < -0.3 is 4.74 Å². The lowest BCUT2D eigenvalue weighted by molar-refractivity contribution is -0.161. The van der Waals surface area contributed by atoms with Crippen LogP contribution in [0.1, 0.15) is 72.1 Å². The maximum absolute atomic E-state index is 12.1. The van der Waals surface area contributed by atoms with Gasteiger partial charge in [-0.2, -0.15) is 0 Å². The standard InChI is InChI=1S/C22H31ClO3/c1-4-22-10-9-16-15(17(22)7-8-20(22)26-13(2)24)6-5-14-11-19(25)18(23)12-21(14,16)3/h12,14-17,20H,4-11H2,1-3H3/t14-,15+,16-,17-,20-,21-,22-/m0/s1. The molecular formula is C22H31ClO3. The Bertz CT molecular complexity index is 656. The molecule has 144 valence electrons. The number of ketones is 1. The summed E-state index contributed by atoms with van der Waals surface area (Å²) in [6.45, 7) is 6.17. The molecule has 4 aliphatic carbocycles. The fraction of sp³-hybridized carbons (Fsp3) is 0.818. The molecule has 0 aromatic rings. The number of halogens is 1. The van der Waals surface area contributed by atoms with Gasteiger partial charge in [0.25, 0.3) is 0 Å². The van der Waals surface area contributed by atoms with E-state index in [-0.39, 0.29) is 28.7 Å². The Hall–Kier alpha value is -0.830. The monoisotopic (exact) mass is 378 g/mol. The molecule has 3 saturated carbocycles. The summed E-state index contributed by atoms with van der Waals surface area (Å²) in [5.74, 6) is 2.34. The molecule has 0 radical (unpaired) electrons. The summed E-state index contributed by atoms with van der Waals surface area (Å²) in [5.41, 5.74) is 0.210. The summed E-state index contributed by atoms with van der Waals surface area (Å²) in [6, 6.07) is 0. The van der Waals surface area contributed by atoms with Gasteiger partial charge in [-0.05, 0) is 74.0 Å². The Morgan fingerprint density at radius 2 is 2.00 bits per heavy atom. The predicted octanol–water partition coefficient (Wildman–Crippen LogP) is 5.26. The van der Waals surface area contributed by atoms with E-state index in [2.05, 4.69) is 19.9 Å². The lowest BCUT2D eigenvalue weighted by atomic mass is 9.46. The first kappa shape index (κ1) is 18.5. The van der Waals surface area contributed by atoms with Crippen molar-refractivity contribution in [3.63, 3.8) is 0 Å². The SMILES string of the molecule is CC[C@]12CC[C@H]3[C@@H](CC[C@H]4CC(=O)C(Cl)=C[C@@]43C)[C@@H]1CC[C@@H]2OC(C)=O. The van der Waals surface area contributed by atoms with Crippen molar-refractivity contribution >= 4 is 23.4 Å². The van der Waals surface area contributed by atoms with Gasteiger partial charge in [-0.1, -0.05) is 31.5 Å². The van der Waals surface area contributed by atoms with Gasteiger partial charge in [-0.15, -0.1) is 0 Å². The third kappa shape index (κ3) is 2.52. The summed E-state index contributed by atoms with van der Waals surface area (Å²) in [5, 5.41) is 0.459. The summed E-state index contributed by atoms with van der Waals surface area (Å²) < 4.78 is 5.80. The van der Waals surface area contributed by atoms with E-state index in [4.69, 9.17) is 16.3 Å². The van der Waals surface area contributed by atoms with Crippen LogP contribution >= 0.6 is 11.6 Å². The van der Waals surface area contributed by atoms with Crippen LogP contribution in [0.3, 0.4) is 0 Å². The number of Topliss-reactive ketones (excluding diaryl/α,β-unsaturated/α-hetero) is 1. The van der Waals surface area contributed by atoms with Crippen molar-refractivity contribution in [3.8, 4) is 0 Å². The average Bonchev–Trinajstić information content (AvgIpc) is 2.95. The minimum Gasteiger partial charge on any atom is -0.462 e. The third-order valence-corrected chi connectivity index (χ3v) is 9.02. The molecule has 0 amide bonds. The topological polar surface area (TPSA) is 43.4 Å². The van der Waals surface area contributed by atoms with Gasteiger partial charge in [0.05, 0.1) is 5.03 Å². The van der Waals surface area contributed by atoms with Crippen LogP contribution in [0.2, 0.25) is 0 Å². The molecule has 7 atom stereocenters. The van der Waals surface area contributed by atoms with Crippen LogP contribution in [0.15, 0.2) is 11.1 Å². The maximum atomic E-state index is 12.1. The minimum absolute atomic E-state index is 0.0489. The highest BCUT2D eigenvalue weighted by molar-refractivity contribution is 6.42. The molecule has 3 nitrogen and oxygen atoms in total. The fourth-order valence-corrected chi connectivity index (χ4v) is 7.81. The van der Waals surface area contributed by atoms with Gasteiger partial charge in [-0.3, -0.25) is 9.59 Å². The second-order valence-corrected chi connectivity index (χ2v) is 9.84. The van der Waals surface area contributed by atoms with Crippen LogP contribution in [0, 0.1) is 34.5 Å². The Labute approximate surface area is 161 Å². The third-order valence-electron chi connectivity index (χ3n) is 8.70. The molecular weight excluding hydrogens is 348 g/mol. The van der Waals surface area contributed by atoms with E-state index < -0.39 is 0 Å². The molecule has 0 heterocycles. The zero-order valence-electron chi connectivity index (χ0n) is 16.2. The van der Waals surface area contributed by atoms with Gasteiger partial charge in [0.2, 0.25) is 0 Å².